The summed E-state index contributed by atoms with van der Waals surface area (Å²) < 4.78 is 1.47. The number of aromatic hydroxyl groups is 1. The Labute approximate surface area is 153 Å². The average Bonchev–Trinajstić information content (AvgIpc) is 3.17. The van der Waals surface area contributed by atoms with Gasteiger partial charge in [-0.3, -0.25) is 9.79 Å². The quantitative estimate of drug-likeness (QED) is 0.656. The van der Waals surface area contributed by atoms with E-state index < -0.39 is 0 Å². The van der Waals surface area contributed by atoms with Gasteiger partial charge in [0.15, 0.2) is 3.95 Å². The van der Waals surface area contributed by atoms with E-state index in [9.17, 15) is 9.90 Å². The Morgan fingerprint density at radius 2 is 1.84 bits per heavy atom. The summed E-state index contributed by atoms with van der Waals surface area (Å²) >= 11 is 6.49. The molecular formula is C19H12N2O2S2. The topological polar surface area (TPSA) is 54.6 Å². The van der Waals surface area contributed by atoms with Crippen molar-refractivity contribution in [3.8, 4) is 5.88 Å². The van der Waals surface area contributed by atoms with Gasteiger partial charge in [0.1, 0.15) is 0 Å². The minimum absolute atomic E-state index is 0.144. The standard InChI is InChI=1S/C19H12N2O2S2/c22-17(12-6-2-1-3-7-12)21-18(23)16(25-19(21)24)10-13-11-20-15-9-5-4-8-14(13)15/h1-11,23H/b13-10-. The van der Waals surface area contributed by atoms with Crippen molar-refractivity contribution in [2.45, 2.75) is 0 Å². The number of thiazole rings is 1. The summed E-state index contributed by atoms with van der Waals surface area (Å²) in [6.07, 6.45) is 3.55. The Bertz CT molecular complexity index is 1090. The molecule has 2 heterocycles. The number of aliphatic imine (C=N–C) groups is 1. The maximum atomic E-state index is 12.6. The second-order valence-electron chi connectivity index (χ2n) is 5.44. The van der Waals surface area contributed by atoms with Gasteiger partial charge < -0.3 is 5.11 Å². The fourth-order valence-corrected chi connectivity index (χ4v) is 3.92. The van der Waals surface area contributed by atoms with Gasteiger partial charge in [-0.1, -0.05) is 36.4 Å². The van der Waals surface area contributed by atoms with E-state index in [1.165, 1.54) is 15.9 Å². The van der Waals surface area contributed by atoms with Crippen molar-refractivity contribution in [2.75, 3.05) is 0 Å². The Morgan fingerprint density at radius 1 is 1.12 bits per heavy atom. The molecule has 0 saturated heterocycles. The van der Waals surface area contributed by atoms with Crippen molar-refractivity contribution in [1.29, 1.82) is 0 Å². The van der Waals surface area contributed by atoms with Gasteiger partial charge in [0.2, 0.25) is 5.88 Å². The summed E-state index contributed by atoms with van der Waals surface area (Å²) in [5.41, 5.74) is 3.22. The van der Waals surface area contributed by atoms with Gasteiger partial charge in [0.25, 0.3) is 5.91 Å². The number of carbonyl (C=O) groups is 1. The number of para-hydroxylation sites is 1. The van der Waals surface area contributed by atoms with Gasteiger partial charge in [-0.2, -0.15) is 0 Å². The maximum absolute atomic E-state index is 12.6. The van der Waals surface area contributed by atoms with E-state index in [1.807, 2.05) is 30.3 Å². The van der Waals surface area contributed by atoms with Crippen molar-refractivity contribution >= 4 is 53.0 Å². The molecule has 25 heavy (non-hydrogen) atoms. The Balaban J connectivity index is 1.77. The van der Waals surface area contributed by atoms with Crippen LogP contribution < -0.4 is 0 Å². The normalized spacial score (nSPS) is 14.0. The summed E-state index contributed by atoms with van der Waals surface area (Å²) in [7, 11) is 0. The van der Waals surface area contributed by atoms with Crippen LogP contribution in [-0.2, 0) is 0 Å². The minimum atomic E-state index is -0.343. The fraction of sp³-hybridized carbons (Fsp3) is 0. The zero-order chi connectivity index (χ0) is 17.4. The van der Waals surface area contributed by atoms with E-state index in [2.05, 4.69) is 4.99 Å². The second kappa shape index (κ2) is 6.23. The van der Waals surface area contributed by atoms with Crippen LogP contribution in [0.5, 0.6) is 5.88 Å². The third-order valence-corrected chi connectivity index (χ3v) is 5.19. The third-order valence-electron chi connectivity index (χ3n) is 3.88. The molecule has 2 aromatic carbocycles. The zero-order valence-corrected chi connectivity index (χ0v) is 14.6. The third kappa shape index (κ3) is 2.75. The predicted octanol–water partition coefficient (Wildman–Crippen LogP) is 4.93. The maximum Gasteiger partial charge on any atom is 0.266 e. The van der Waals surface area contributed by atoms with Crippen molar-refractivity contribution in [3.63, 3.8) is 0 Å². The number of hydrogen-bond donors (Lipinski definition) is 1. The Morgan fingerprint density at radius 3 is 2.64 bits per heavy atom. The highest BCUT2D eigenvalue weighted by Crippen LogP contribution is 2.35. The SMILES string of the molecule is O=C(c1ccccc1)n1c(O)c(/C=C2/C=Nc3ccccc32)sc1=S. The van der Waals surface area contributed by atoms with Crippen molar-refractivity contribution in [3.05, 3.63) is 74.6 Å². The molecule has 0 saturated carbocycles. The number of nitrogens with zero attached hydrogens (tertiary/aromatic N) is 2. The van der Waals surface area contributed by atoms with E-state index >= 15 is 0 Å². The van der Waals surface area contributed by atoms with Crippen LogP contribution in [0.4, 0.5) is 5.69 Å². The first-order chi connectivity index (χ1) is 12.1. The molecule has 1 aromatic heterocycles. The molecule has 0 unspecified atom stereocenters. The summed E-state index contributed by atoms with van der Waals surface area (Å²) in [6.45, 7) is 0. The monoisotopic (exact) mass is 364 g/mol. The lowest BCUT2D eigenvalue weighted by Crippen LogP contribution is -2.11. The lowest BCUT2D eigenvalue weighted by molar-refractivity contribution is 0.0950. The second-order valence-corrected chi connectivity index (χ2v) is 7.11. The molecule has 0 atom stereocenters. The Kier molecular flexibility index (Phi) is 3.91. The molecule has 1 aliphatic heterocycles. The molecule has 122 valence electrons. The van der Waals surface area contributed by atoms with Gasteiger partial charge >= 0.3 is 0 Å². The number of rotatable bonds is 2. The van der Waals surface area contributed by atoms with Crippen molar-refractivity contribution in [2.24, 2.45) is 4.99 Å². The molecular weight excluding hydrogens is 352 g/mol. The molecule has 4 rings (SSSR count). The van der Waals surface area contributed by atoms with Crippen molar-refractivity contribution in [1.82, 2.24) is 4.57 Å². The average molecular weight is 364 g/mol. The van der Waals surface area contributed by atoms with E-state index in [1.54, 1.807) is 36.6 Å². The lowest BCUT2D eigenvalue weighted by Gasteiger charge is -2.03. The molecule has 4 nitrogen and oxygen atoms in total. The molecule has 0 radical (unpaired) electrons. The van der Waals surface area contributed by atoms with E-state index in [-0.39, 0.29) is 11.8 Å². The number of fused-ring (bicyclic) bond motifs is 1. The van der Waals surface area contributed by atoms with Crippen LogP contribution in [0.1, 0.15) is 20.8 Å². The van der Waals surface area contributed by atoms with E-state index in [4.69, 9.17) is 12.2 Å². The number of carbonyl (C=O) groups excluding carboxylic acids is 1. The molecule has 6 heteroatoms. The van der Waals surface area contributed by atoms with Crippen LogP contribution in [0, 0.1) is 3.95 Å². The molecule has 0 fully saturated rings. The minimum Gasteiger partial charge on any atom is -0.493 e. The highest BCUT2D eigenvalue weighted by atomic mass is 32.1. The van der Waals surface area contributed by atoms with Gasteiger partial charge in [-0.25, -0.2) is 4.57 Å². The first-order valence-corrected chi connectivity index (χ1v) is 8.77. The van der Waals surface area contributed by atoms with Crippen LogP contribution in [0.25, 0.3) is 11.6 Å². The number of aromatic nitrogens is 1. The highest BCUT2D eigenvalue weighted by molar-refractivity contribution is 7.73. The molecule has 1 N–H and O–H groups in total. The fourth-order valence-electron chi connectivity index (χ4n) is 2.66. The van der Waals surface area contributed by atoms with Crippen LogP contribution in [0.15, 0.2) is 59.6 Å². The molecule has 3 aromatic rings. The Hall–Kier alpha value is -2.83. The molecule has 1 aliphatic rings. The number of allylic oxidation sites excluding steroid dienone is 1. The van der Waals surface area contributed by atoms with Gasteiger partial charge in [0, 0.05) is 22.9 Å². The molecule has 0 aliphatic carbocycles. The zero-order valence-electron chi connectivity index (χ0n) is 12.9. The molecule has 0 amide bonds. The van der Waals surface area contributed by atoms with Gasteiger partial charge in [-0.05, 0) is 36.5 Å². The van der Waals surface area contributed by atoms with Crippen LogP contribution in [-0.4, -0.2) is 21.8 Å². The lowest BCUT2D eigenvalue weighted by atomic mass is 10.1. The summed E-state index contributed by atoms with van der Waals surface area (Å²) in [5.74, 6) is -0.487. The van der Waals surface area contributed by atoms with Crippen LogP contribution in [0.3, 0.4) is 0 Å². The largest absolute Gasteiger partial charge is 0.493 e. The van der Waals surface area contributed by atoms with Gasteiger partial charge in [-0.15, -0.1) is 11.3 Å². The van der Waals surface area contributed by atoms with E-state index in [0.717, 1.165) is 16.8 Å². The van der Waals surface area contributed by atoms with E-state index in [0.29, 0.717) is 14.4 Å². The molecule has 0 spiro atoms. The van der Waals surface area contributed by atoms with Crippen molar-refractivity contribution < 1.29 is 9.90 Å². The number of hydrogen-bond acceptors (Lipinski definition) is 5. The smallest absolute Gasteiger partial charge is 0.266 e. The summed E-state index contributed by atoms with van der Waals surface area (Å²) in [6, 6.07) is 16.5. The predicted molar refractivity (Wildman–Crippen MR) is 103 cm³/mol. The van der Waals surface area contributed by atoms with Crippen LogP contribution in [0.2, 0.25) is 0 Å². The van der Waals surface area contributed by atoms with Gasteiger partial charge in [0.05, 0.1) is 10.6 Å². The first-order valence-electron chi connectivity index (χ1n) is 7.55. The summed E-state index contributed by atoms with van der Waals surface area (Å²) in [5, 5.41) is 10.5. The first kappa shape index (κ1) is 15.7. The summed E-state index contributed by atoms with van der Waals surface area (Å²) in [4.78, 5) is 17.5. The van der Waals surface area contributed by atoms with Crippen LogP contribution >= 0.6 is 23.6 Å². The number of benzene rings is 2. The highest BCUT2D eigenvalue weighted by Gasteiger charge is 2.19. The molecule has 0 bridgehead atoms.